The van der Waals surface area contributed by atoms with E-state index in [4.69, 9.17) is 9.47 Å². The number of ether oxygens (including phenoxy) is 2. The number of hydrogen-bond acceptors (Lipinski definition) is 6. The average molecular weight is 481 g/mol. The monoisotopic (exact) mass is 480 g/mol. The molecule has 8 nitrogen and oxygen atoms in total. The molecule has 0 aliphatic carbocycles. The summed E-state index contributed by atoms with van der Waals surface area (Å²) in [5, 5.41) is 3.04. The molecule has 2 aliphatic heterocycles. The maximum Gasteiger partial charge on any atom is 0.238 e. The van der Waals surface area contributed by atoms with E-state index in [2.05, 4.69) is 15.1 Å². The highest BCUT2D eigenvalue weighted by atomic mass is 16.5. The van der Waals surface area contributed by atoms with Crippen LogP contribution in [0.2, 0.25) is 0 Å². The van der Waals surface area contributed by atoms with Crippen LogP contribution in [0.25, 0.3) is 0 Å². The van der Waals surface area contributed by atoms with Crippen molar-refractivity contribution >= 4 is 17.5 Å². The number of rotatable bonds is 7. The Morgan fingerprint density at radius 2 is 1.51 bits per heavy atom. The summed E-state index contributed by atoms with van der Waals surface area (Å²) in [4.78, 5) is 31.8. The van der Waals surface area contributed by atoms with E-state index in [0.717, 1.165) is 60.7 Å². The van der Waals surface area contributed by atoms with E-state index in [1.165, 1.54) is 5.56 Å². The molecular formula is C27H36N4O4. The first-order valence-electron chi connectivity index (χ1n) is 12.2. The number of hydrogen-bond donors (Lipinski definition) is 1. The lowest BCUT2D eigenvalue weighted by molar-refractivity contribution is -0.134. The fourth-order valence-corrected chi connectivity index (χ4v) is 4.77. The van der Waals surface area contributed by atoms with Gasteiger partial charge in [0.1, 0.15) is 0 Å². The van der Waals surface area contributed by atoms with Crippen molar-refractivity contribution in [2.45, 2.75) is 26.8 Å². The lowest BCUT2D eigenvalue weighted by Crippen LogP contribution is -2.51. The van der Waals surface area contributed by atoms with E-state index in [-0.39, 0.29) is 11.8 Å². The maximum absolute atomic E-state index is 13.0. The van der Waals surface area contributed by atoms with Crippen LogP contribution in [0, 0.1) is 13.8 Å². The van der Waals surface area contributed by atoms with Crippen LogP contribution in [0.15, 0.2) is 30.3 Å². The molecule has 0 saturated carbocycles. The fourth-order valence-electron chi connectivity index (χ4n) is 4.77. The minimum absolute atomic E-state index is 0.00210. The summed E-state index contributed by atoms with van der Waals surface area (Å²) in [5.74, 6) is 1.57. The van der Waals surface area contributed by atoms with Gasteiger partial charge in [0.2, 0.25) is 11.8 Å². The van der Waals surface area contributed by atoms with E-state index < -0.39 is 0 Å². The van der Waals surface area contributed by atoms with Crippen LogP contribution >= 0.6 is 0 Å². The Bertz CT molecular complexity index is 1080. The van der Waals surface area contributed by atoms with Crippen molar-refractivity contribution in [3.05, 3.63) is 52.6 Å². The molecule has 2 aliphatic rings. The number of benzene rings is 2. The molecule has 1 fully saturated rings. The topological polar surface area (TPSA) is 74.4 Å². The second kappa shape index (κ2) is 11.1. The summed E-state index contributed by atoms with van der Waals surface area (Å²) in [5.41, 5.74) is 5.46. The zero-order valence-corrected chi connectivity index (χ0v) is 21.2. The smallest absolute Gasteiger partial charge is 0.238 e. The lowest BCUT2D eigenvalue weighted by Gasteiger charge is -2.36. The van der Waals surface area contributed by atoms with Crippen molar-refractivity contribution in [3.63, 3.8) is 0 Å². The van der Waals surface area contributed by atoms with Crippen LogP contribution in [0.5, 0.6) is 11.5 Å². The van der Waals surface area contributed by atoms with E-state index in [9.17, 15) is 9.59 Å². The third-order valence-electron chi connectivity index (χ3n) is 7.14. The molecule has 2 aromatic carbocycles. The largest absolute Gasteiger partial charge is 0.493 e. The minimum Gasteiger partial charge on any atom is -0.493 e. The van der Waals surface area contributed by atoms with Gasteiger partial charge in [-0.1, -0.05) is 12.1 Å². The number of carbonyl (C=O) groups excluding carboxylic acids is 2. The number of aryl methyl sites for hydroxylation is 1. The summed E-state index contributed by atoms with van der Waals surface area (Å²) < 4.78 is 10.8. The standard InChI is InChI=1S/C27H36N4O4/c1-19-6-5-7-23(20(19)2)28-26(32)17-29-10-12-30(13-11-29)18-27(33)31-9-8-21-14-24(34-3)25(35-4)15-22(21)16-31/h5-7,14-15H,8-13,16-18H2,1-4H3,(H,28,32). The SMILES string of the molecule is COc1cc2c(cc1OC)CN(C(=O)CN1CCN(CC(=O)Nc3cccc(C)c3C)CC1)CC2. The Kier molecular flexibility index (Phi) is 7.93. The van der Waals surface area contributed by atoms with Gasteiger partial charge < -0.3 is 19.7 Å². The quantitative estimate of drug-likeness (QED) is 0.656. The molecular weight excluding hydrogens is 444 g/mol. The van der Waals surface area contributed by atoms with Crippen LogP contribution in [-0.4, -0.2) is 86.5 Å². The third-order valence-corrected chi connectivity index (χ3v) is 7.14. The van der Waals surface area contributed by atoms with Crippen molar-refractivity contribution in [2.75, 3.05) is 65.3 Å². The van der Waals surface area contributed by atoms with Crippen LogP contribution in [-0.2, 0) is 22.6 Å². The number of anilines is 1. The van der Waals surface area contributed by atoms with Crippen LogP contribution in [0.1, 0.15) is 22.3 Å². The molecule has 0 radical (unpaired) electrons. The number of nitrogens with one attached hydrogen (secondary N) is 1. The highest BCUT2D eigenvalue weighted by molar-refractivity contribution is 5.93. The van der Waals surface area contributed by atoms with Crippen molar-refractivity contribution in [1.82, 2.24) is 14.7 Å². The summed E-state index contributed by atoms with van der Waals surface area (Å²) in [7, 11) is 3.27. The Labute approximate surface area is 207 Å². The molecule has 2 amide bonds. The van der Waals surface area contributed by atoms with Gasteiger partial charge in [-0.15, -0.1) is 0 Å². The number of carbonyl (C=O) groups is 2. The van der Waals surface area contributed by atoms with Crippen LogP contribution in [0.4, 0.5) is 5.69 Å². The Hall–Kier alpha value is -3.10. The Morgan fingerprint density at radius 1 is 0.886 bits per heavy atom. The molecule has 0 spiro atoms. The molecule has 1 N–H and O–H groups in total. The van der Waals surface area contributed by atoms with Gasteiger partial charge >= 0.3 is 0 Å². The van der Waals surface area contributed by atoms with Gasteiger partial charge in [0.25, 0.3) is 0 Å². The number of fused-ring (bicyclic) bond motifs is 1. The molecule has 188 valence electrons. The zero-order valence-electron chi connectivity index (χ0n) is 21.2. The first-order valence-corrected chi connectivity index (χ1v) is 12.2. The second-order valence-corrected chi connectivity index (χ2v) is 9.39. The second-order valence-electron chi connectivity index (χ2n) is 9.39. The third kappa shape index (κ3) is 5.94. The summed E-state index contributed by atoms with van der Waals surface area (Å²) in [6, 6.07) is 9.95. The number of piperazine rings is 1. The Balaban J connectivity index is 1.24. The first-order chi connectivity index (χ1) is 16.9. The highest BCUT2D eigenvalue weighted by Gasteiger charge is 2.26. The number of amides is 2. The van der Waals surface area contributed by atoms with Gasteiger partial charge in [-0.25, -0.2) is 0 Å². The van der Waals surface area contributed by atoms with Gasteiger partial charge in [0.05, 0.1) is 27.3 Å². The van der Waals surface area contributed by atoms with Gasteiger partial charge in [-0.3, -0.25) is 19.4 Å². The minimum atomic E-state index is 0.00210. The number of methoxy groups -OCH3 is 2. The molecule has 0 aromatic heterocycles. The van der Waals surface area contributed by atoms with E-state index in [0.29, 0.717) is 31.9 Å². The van der Waals surface area contributed by atoms with E-state index in [1.807, 2.05) is 49.1 Å². The maximum atomic E-state index is 13.0. The zero-order chi connectivity index (χ0) is 24.9. The molecule has 8 heteroatoms. The van der Waals surface area contributed by atoms with Crippen LogP contribution in [0.3, 0.4) is 0 Å². The molecule has 2 heterocycles. The Morgan fingerprint density at radius 3 is 2.17 bits per heavy atom. The van der Waals surface area contributed by atoms with Crippen molar-refractivity contribution in [1.29, 1.82) is 0 Å². The highest BCUT2D eigenvalue weighted by Crippen LogP contribution is 2.33. The average Bonchev–Trinajstić information content (AvgIpc) is 2.86. The fraction of sp³-hybridized carbons (Fsp3) is 0.481. The van der Waals surface area contributed by atoms with Gasteiger partial charge in [0, 0.05) is 45.0 Å². The van der Waals surface area contributed by atoms with Crippen LogP contribution < -0.4 is 14.8 Å². The van der Waals surface area contributed by atoms with Crippen molar-refractivity contribution < 1.29 is 19.1 Å². The van der Waals surface area contributed by atoms with Gasteiger partial charge in [0.15, 0.2) is 11.5 Å². The summed E-state index contributed by atoms with van der Waals surface area (Å²) in [6.07, 6.45) is 0.810. The molecule has 4 rings (SSSR count). The summed E-state index contributed by atoms with van der Waals surface area (Å²) >= 11 is 0. The first kappa shape index (κ1) is 25.0. The molecule has 0 bridgehead atoms. The molecule has 0 atom stereocenters. The lowest BCUT2D eigenvalue weighted by atomic mass is 9.98. The van der Waals surface area contributed by atoms with Gasteiger partial charge in [-0.2, -0.15) is 0 Å². The van der Waals surface area contributed by atoms with E-state index in [1.54, 1.807) is 14.2 Å². The molecule has 35 heavy (non-hydrogen) atoms. The predicted molar refractivity (Wildman–Crippen MR) is 136 cm³/mol. The van der Waals surface area contributed by atoms with Gasteiger partial charge in [-0.05, 0) is 60.7 Å². The molecule has 1 saturated heterocycles. The number of nitrogens with zero attached hydrogens (tertiary/aromatic N) is 3. The van der Waals surface area contributed by atoms with Crippen molar-refractivity contribution in [2.24, 2.45) is 0 Å². The summed E-state index contributed by atoms with van der Waals surface area (Å²) in [6.45, 7) is 9.23. The normalized spacial score (nSPS) is 16.5. The molecule has 2 aromatic rings. The molecule has 0 unspecified atom stereocenters. The van der Waals surface area contributed by atoms with Crippen molar-refractivity contribution in [3.8, 4) is 11.5 Å². The predicted octanol–water partition coefficient (Wildman–Crippen LogP) is 2.46. The van der Waals surface area contributed by atoms with E-state index >= 15 is 0 Å².